The number of nitrogens with zero attached hydrogens (tertiary/aromatic N) is 1. The lowest BCUT2D eigenvalue weighted by molar-refractivity contribution is -0.0267. The predicted molar refractivity (Wildman–Crippen MR) is 62.9 cm³/mol. The molecule has 1 fully saturated rings. The van der Waals surface area contributed by atoms with E-state index in [-0.39, 0.29) is 24.8 Å². The summed E-state index contributed by atoms with van der Waals surface area (Å²) in [5.74, 6) is -0.249. The van der Waals surface area contributed by atoms with Gasteiger partial charge in [-0.3, -0.25) is 4.90 Å². The third-order valence-electron chi connectivity index (χ3n) is 3.06. The first-order valence-electron chi connectivity index (χ1n) is 5.89. The van der Waals surface area contributed by atoms with Crippen LogP contribution in [-0.2, 0) is 4.74 Å². The van der Waals surface area contributed by atoms with Crippen LogP contribution in [0.3, 0.4) is 0 Å². The van der Waals surface area contributed by atoms with Gasteiger partial charge in [0, 0.05) is 12.6 Å². The number of ether oxygens (including phenoxy) is 1. The summed E-state index contributed by atoms with van der Waals surface area (Å²) in [6.07, 6.45) is -0.347. The summed E-state index contributed by atoms with van der Waals surface area (Å²) in [7, 11) is 0. The molecular weight excluding hydrogens is 221 g/mol. The Bertz CT molecular complexity index is 366. The Morgan fingerprint density at radius 3 is 2.59 bits per heavy atom. The molecule has 94 valence electrons. The predicted octanol–water partition coefficient (Wildman–Crippen LogP) is 1.93. The monoisotopic (exact) mass is 239 g/mol. The largest absolute Gasteiger partial charge is 0.394 e. The maximum absolute atomic E-state index is 12.9. The molecule has 2 rings (SSSR count). The van der Waals surface area contributed by atoms with Crippen LogP contribution < -0.4 is 0 Å². The lowest BCUT2D eigenvalue weighted by Gasteiger charge is -2.26. The highest BCUT2D eigenvalue weighted by Gasteiger charge is 2.34. The number of hydrogen-bond acceptors (Lipinski definition) is 3. The van der Waals surface area contributed by atoms with E-state index in [9.17, 15) is 4.39 Å². The van der Waals surface area contributed by atoms with Crippen LogP contribution in [0.2, 0.25) is 0 Å². The summed E-state index contributed by atoms with van der Waals surface area (Å²) < 4.78 is 18.6. The van der Waals surface area contributed by atoms with Crippen LogP contribution in [0.15, 0.2) is 24.3 Å². The molecule has 3 nitrogen and oxygen atoms in total. The van der Waals surface area contributed by atoms with Crippen LogP contribution >= 0.6 is 0 Å². The molecular formula is C13H18FNO2. The maximum atomic E-state index is 12.9. The van der Waals surface area contributed by atoms with Crippen LogP contribution in [0.4, 0.5) is 4.39 Å². The fourth-order valence-electron chi connectivity index (χ4n) is 2.11. The topological polar surface area (TPSA) is 32.7 Å². The van der Waals surface area contributed by atoms with Crippen LogP contribution in [0, 0.1) is 5.82 Å². The number of rotatable bonds is 3. The zero-order valence-electron chi connectivity index (χ0n) is 10.1. The van der Waals surface area contributed by atoms with Gasteiger partial charge in [0.05, 0.1) is 12.7 Å². The average Bonchev–Trinajstić information content (AvgIpc) is 2.74. The summed E-state index contributed by atoms with van der Waals surface area (Å²) in [6.45, 7) is 4.89. The van der Waals surface area contributed by atoms with E-state index in [2.05, 4.69) is 18.7 Å². The highest BCUT2D eigenvalue weighted by molar-refractivity contribution is 5.19. The standard InChI is InChI=1S/C13H18FNO2/c1-9(2)15-7-12(8-16)17-13(15)10-3-5-11(14)6-4-10/h3-6,9,12-13,16H,7-8H2,1-2H3. The Morgan fingerprint density at radius 2 is 2.06 bits per heavy atom. The Balaban J connectivity index is 2.20. The van der Waals surface area contributed by atoms with Crippen molar-refractivity contribution in [3.63, 3.8) is 0 Å². The van der Waals surface area contributed by atoms with Gasteiger partial charge >= 0.3 is 0 Å². The molecule has 1 aromatic carbocycles. The van der Waals surface area contributed by atoms with Gasteiger partial charge in [0.2, 0.25) is 0 Å². The van der Waals surface area contributed by atoms with Crippen molar-refractivity contribution < 1.29 is 14.2 Å². The Labute approximate surface area is 101 Å². The van der Waals surface area contributed by atoms with E-state index < -0.39 is 0 Å². The molecule has 0 saturated carbocycles. The van der Waals surface area contributed by atoms with E-state index in [4.69, 9.17) is 9.84 Å². The van der Waals surface area contributed by atoms with Gasteiger partial charge < -0.3 is 9.84 Å². The van der Waals surface area contributed by atoms with Gasteiger partial charge in [-0.2, -0.15) is 0 Å². The second-order valence-electron chi connectivity index (χ2n) is 4.64. The highest BCUT2D eigenvalue weighted by Crippen LogP contribution is 2.31. The fourth-order valence-corrected chi connectivity index (χ4v) is 2.11. The van der Waals surface area contributed by atoms with Gasteiger partial charge in [0.15, 0.2) is 0 Å². The normalized spacial score (nSPS) is 25.7. The summed E-state index contributed by atoms with van der Waals surface area (Å²) in [6, 6.07) is 6.65. The number of halogens is 1. The molecule has 1 heterocycles. The number of hydrogen-bond donors (Lipinski definition) is 1. The summed E-state index contributed by atoms with van der Waals surface area (Å²) in [5.41, 5.74) is 0.927. The van der Waals surface area contributed by atoms with Crippen molar-refractivity contribution in [2.24, 2.45) is 0 Å². The minimum absolute atomic E-state index is 0.0148. The Morgan fingerprint density at radius 1 is 1.41 bits per heavy atom. The van der Waals surface area contributed by atoms with Crippen molar-refractivity contribution in [1.82, 2.24) is 4.90 Å². The first kappa shape index (κ1) is 12.5. The van der Waals surface area contributed by atoms with E-state index in [1.165, 1.54) is 12.1 Å². The summed E-state index contributed by atoms with van der Waals surface area (Å²) in [5, 5.41) is 9.16. The van der Waals surface area contributed by atoms with Crippen LogP contribution in [0.1, 0.15) is 25.6 Å². The molecule has 0 spiro atoms. The quantitative estimate of drug-likeness (QED) is 0.874. The van der Waals surface area contributed by atoms with E-state index >= 15 is 0 Å². The minimum Gasteiger partial charge on any atom is -0.394 e. The van der Waals surface area contributed by atoms with Crippen molar-refractivity contribution in [3.8, 4) is 0 Å². The smallest absolute Gasteiger partial charge is 0.137 e. The van der Waals surface area contributed by atoms with Crippen LogP contribution in [0.5, 0.6) is 0 Å². The molecule has 1 aliphatic heterocycles. The van der Waals surface area contributed by atoms with E-state index in [0.717, 1.165) is 5.56 Å². The van der Waals surface area contributed by atoms with Gasteiger partial charge in [0.1, 0.15) is 12.0 Å². The van der Waals surface area contributed by atoms with Gasteiger partial charge in [-0.1, -0.05) is 12.1 Å². The molecule has 1 saturated heterocycles. The Hall–Kier alpha value is -0.970. The van der Waals surface area contributed by atoms with Crippen molar-refractivity contribution in [1.29, 1.82) is 0 Å². The lowest BCUT2D eigenvalue weighted by atomic mass is 10.1. The second kappa shape index (κ2) is 5.12. The zero-order valence-corrected chi connectivity index (χ0v) is 10.1. The van der Waals surface area contributed by atoms with E-state index in [1.807, 2.05) is 0 Å². The molecule has 2 unspecified atom stereocenters. The lowest BCUT2D eigenvalue weighted by Crippen LogP contribution is -2.32. The van der Waals surface area contributed by atoms with Crippen molar-refractivity contribution in [2.75, 3.05) is 13.2 Å². The van der Waals surface area contributed by atoms with Gasteiger partial charge in [-0.05, 0) is 31.5 Å². The van der Waals surface area contributed by atoms with E-state index in [1.54, 1.807) is 12.1 Å². The first-order chi connectivity index (χ1) is 8.11. The zero-order chi connectivity index (χ0) is 12.4. The summed E-state index contributed by atoms with van der Waals surface area (Å²) >= 11 is 0. The van der Waals surface area contributed by atoms with Crippen molar-refractivity contribution in [2.45, 2.75) is 32.2 Å². The third kappa shape index (κ3) is 2.65. The highest BCUT2D eigenvalue weighted by atomic mass is 19.1. The molecule has 1 aromatic rings. The molecule has 0 aliphatic carbocycles. The molecule has 17 heavy (non-hydrogen) atoms. The molecule has 4 heteroatoms. The molecule has 0 bridgehead atoms. The van der Waals surface area contributed by atoms with Gasteiger partial charge in [-0.25, -0.2) is 4.39 Å². The molecule has 0 aromatic heterocycles. The average molecular weight is 239 g/mol. The second-order valence-corrected chi connectivity index (χ2v) is 4.64. The van der Waals surface area contributed by atoms with E-state index in [0.29, 0.717) is 12.6 Å². The van der Waals surface area contributed by atoms with Crippen molar-refractivity contribution in [3.05, 3.63) is 35.6 Å². The Kier molecular flexibility index (Phi) is 3.76. The molecule has 1 aliphatic rings. The SMILES string of the molecule is CC(C)N1CC(CO)OC1c1ccc(F)cc1. The van der Waals surface area contributed by atoms with Crippen molar-refractivity contribution >= 4 is 0 Å². The number of benzene rings is 1. The van der Waals surface area contributed by atoms with Crippen LogP contribution in [-0.4, -0.2) is 35.3 Å². The number of aliphatic hydroxyl groups is 1. The molecule has 1 N–H and O–H groups in total. The molecule has 2 atom stereocenters. The first-order valence-corrected chi connectivity index (χ1v) is 5.89. The van der Waals surface area contributed by atoms with Gasteiger partial charge in [0.25, 0.3) is 0 Å². The summed E-state index contributed by atoms with van der Waals surface area (Å²) in [4.78, 5) is 2.16. The maximum Gasteiger partial charge on any atom is 0.137 e. The van der Waals surface area contributed by atoms with Gasteiger partial charge in [-0.15, -0.1) is 0 Å². The molecule has 0 radical (unpaired) electrons. The minimum atomic E-state index is -0.249. The molecule has 0 amide bonds. The van der Waals surface area contributed by atoms with Crippen LogP contribution in [0.25, 0.3) is 0 Å². The fraction of sp³-hybridized carbons (Fsp3) is 0.538. The number of aliphatic hydroxyl groups excluding tert-OH is 1. The third-order valence-corrected chi connectivity index (χ3v) is 3.06.